The number of carboxylic acids is 1. The Bertz CT molecular complexity index is 364. The standard InChI is InChI=1S/C10H11NO3/c12-6-11-5-8(10(13)14)7-3-1-2-4-9(7)11/h1-4,8,12H,5-6H2,(H,13,14). The molecule has 14 heavy (non-hydrogen) atoms. The molecule has 1 aliphatic rings. The van der Waals surface area contributed by atoms with Gasteiger partial charge >= 0.3 is 5.97 Å². The van der Waals surface area contributed by atoms with Gasteiger partial charge in [0.15, 0.2) is 0 Å². The molecule has 74 valence electrons. The number of rotatable bonds is 2. The number of aliphatic hydroxyl groups is 1. The molecule has 2 N–H and O–H groups in total. The van der Waals surface area contributed by atoms with Crippen LogP contribution in [-0.4, -0.2) is 29.5 Å². The molecule has 0 aromatic heterocycles. The monoisotopic (exact) mass is 193 g/mol. The van der Waals surface area contributed by atoms with Crippen molar-refractivity contribution in [2.24, 2.45) is 0 Å². The molecule has 1 heterocycles. The van der Waals surface area contributed by atoms with E-state index in [1.54, 1.807) is 11.0 Å². The molecule has 0 bridgehead atoms. The Morgan fingerprint density at radius 2 is 2.21 bits per heavy atom. The van der Waals surface area contributed by atoms with Crippen LogP contribution in [0.5, 0.6) is 0 Å². The Labute approximate surface area is 81.4 Å². The fourth-order valence-electron chi connectivity index (χ4n) is 1.83. The minimum absolute atomic E-state index is 0.138. The van der Waals surface area contributed by atoms with Crippen LogP contribution in [0.2, 0.25) is 0 Å². The number of nitrogens with zero attached hydrogens (tertiary/aromatic N) is 1. The van der Waals surface area contributed by atoms with Crippen molar-refractivity contribution in [2.45, 2.75) is 5.92 Å². The van der Waals surface area contributed by atoms with Crippen LogP contribution in [0.15, 0.2) is 24.3 Å². The van der Waals surface area contributed by atoms with Gasteiger partial charge in [0.2, 0.25) is 0 Å². The summed E-state index contributed by atoms with van der Waals surface area (Å²) < 4.78 is 0. The molecule has 1 unspecified atom stereocenters. The number of anilines is 1. The number of hydrogen-bond donors (Lipinski definition) is 2. The van der Waals surface area contributed by atoms with Crippen LogP contribution in [0.25, 0.3) is 0 Å². The molecule has 0 aliphatic carbocycles. The Hall–Kier alpha value is -1.55. The molecule has 1 aromatic rings. The summed E-state index contributed by atoms with van der Waals surface area (Å²) in [6.45, 7) is 0.214. The lowest BCUT2D eigenvalue weighted by atomic mass is 10.0. The molecule has 0 amide bonds. The maximum absolute atomic E-state index is 10.9. The number of fused-ring (bicyclic) bond motifs is 1. The fourth-order valence-corrected chi connectivity index (χ4v) is 1.83. The van der Waals surface area contributed by atoms with Crippen molar-refractivity contribution in [3.63, 3.8) is 0 Å². The van der Waals surface area contributed by atoms with Crippen LogP contribution in [-0.2, 0) is 4.79 Å². The maximum atomic E-state index is 10.9. The molecule has 0 spiro atoms. The Kier molecular flexibility index (Phi) is 2.13. The minimum Gasteiger partial charge on any atom is -0.481 e. The van der Waals surface area contributed by atoms with Crippen LogP contribution in [0, 0.1) is 0 Å². The van der Waals surface area contributed by atoms with Gasteiger partial charge in [-0.25, -0.2) is 0 Å². The van der Waals surface area contributed by atoms with E-state index < -0.39 is 11.9 Å². The summed E-state index contributed by atoms with van der Waals surface area (Å²) in [6.07, 6.45) is 0. The first-order valence-corrected chi connectivity index (χ1v) is 4.41. The lowest BCUT2D eigenvalue weighted by Crippen LogP contribution is -2.25. The first-order chi connectivity index (χ1) is 6.74. The number of carboxylic acid groups (broad SMARTS) is 1. The van der Waals surface area contributed by atoms with Gasteiger partial charge in [-0.3, -0.25) is 4.79 Å². The highest BCUT2D eigenvalue weighted by Crippen LogP contribution is 2.35. The summed E-state index contributed by atoms with van der Waals surface area (Å²) in [4.78, 5) is 12.6. The summed E-state index contributed by atoms with van der Waals surface area (Å²) >= 11 is 0. The van der Waals surface area contributed by atoms with E-state index in [0.29, 0.717) is 6.54 Å². The van der Waals surface area contributed by atoms with E-state index in [2.05, 4.69) is 0 Å². The Morgan fingerprint density at radius 1 is 1.50 bits per heavy atom. The van der Waals surface area contributed by atoms with Gasteiger partial charge in [0.05, 0.1) is 0 Å². The molecule has 0 fully saturated rings. The third-order valence-corrected chi connectivity index (χ3v) is 2.52. The van der Waals surface area contributed by atoms with Crippen molar-refractivity contribution in [3.8, 4) is 0 Å². The number of aliphatic hydroxyl groups excluding tert-OH is 1. The molecule has 2 rings (SSSR count). The summed E-state index contributed by atoms with van der Waals surface area (Å²) in [5, 5.41) is 18.0. The summed E-state index contributed by atoms with van der Waals surface area (Å²) in [5.74, 6) is -1.35. The molecule has 4 nitrogen and oxygen atoms in total. The molecule has 0 saturated heterocycles. The quantitative estimate of drug-likeness (QED) is 0.723. The number of hydrogen-bond acceptors (Lipinski definition) is 3. The van der Waals surface area contributed by atoms with Gasteiger partial charge in [0, 0.05) is 12.2 Å². The van der Waals surface area contributed by atoms with Gasteiger partial charge in [0.25, 0.3) is 0 Å². The largest absolute Gasteiger partial charge is 0.481 e. The zero-order chi connectivity index (χ0) is 10.1. The highest BCUT2D eigenvalue weighted by Gasteiger charge is 2.32. The van der Waals surface area contributed by atoms with Crippen LogP contribution >= 0.6 is 0 Å². The van der Waals surface area contributed by atoms with E-state index >= 15 is 0 Å². The summed E-state index contributed by atoms with van der Waals surface area (Å²) in [6, 6.07) is 7.28. The van der Waals surface area contributed by atoms with Crippen molar-refractivity contribution in [1.29, 1.82) is 0 Å². The van der Waals surface area contributed by atoms with Gasteiger partial charge in [-0.2, -0.15) is 0 Å². The lowest BCUT2D eigenvalue weighted by molar-refractivity contribution is -0.138. The van der Waals surface area contributed by atoms with Crippen molar-refractivity contribution in [1.82, 2.24) is 0 Å². The lowest BCUT2D eigenvalue weighted by Gasteiger charge is -2.14. The number of carbonyl (C=O) groups is 1. The smallest absolute Gasteiger partial charge is 0.312 e. The van der Waals surface area contributed by atoms with E-state index in [1.165, 1.54) is 0 Å². The van der Waals surface area contributed by atoms with E-state index in [1.807, 2.05) is 18.2 Å². The molecule has 0 radical (unpaired) electrons. The molecular weight excluding hydrogens is 182 g/mol. The van der Waals surface area contributed by atoms with Crippen molar-refractivity contribution < 1.29 is 15.0 Å². The number of benzene rings is 1. The van der Waals surface area contributed by atoms with Crippen LogP contribution in [0.3, 0.4) is 0 Å². The Balaban J connectivity index is 2.43. The number of aliphatic carboxylic acids is 1. The zero-order valence-electron chi connectivity index (χ0n) is 7.55. The average Bonchev–Trinajstić information content (AvgIpc) is 2.56. The fraction of sp³-hybridized carbons (Fsp3) is 0.300. The first kappa shape index (κ1) is 9.02. The second-order valence-corrected chi connectivity index (χ2v) is 3.31. The van der Waals surface area contributed by atoms with Gasteiger partial charge in [-0.1, -0.05) is 18.2 Å². The first-order valence-electron chi connectivity index (χ1n) is 4.41. The van der Waals surface area contributed by atoms with Gasteiger partial charge < -0.3 is 15.1 Å². The van der Waals surface area contributed by atoms with E-state index in [0.717, 1.165) is 11.3 Å². The van der Waals surface area contributed by atoms with Gasteiger partial charge in [-0.15, -0.1) is 0 Å². The van der Waals surface area contributed by atoms with Gasteiger partial charge in [-0.05, 0) is 11.6 Å². The summed E-state index contributed by atoms with van der Waals surface area (Å²) in [5.41, 5.74) is 1.61. The molecule has 4 heteroatoms. The van der Waals surface area contributed by atoms with E-state index in [4.69, 9.17) is 10.2 Å². The van der Waals surface area contributed by atoms with Crippen LogP contribution < -0.4 is 4.90 Å². The Morgan fingerprint density at radius 3 is 2.86 bits per heavy atom. The second kappa shape index (κ2) is 3.31. The zero-order valence-corrected chi connectivity index (χ0v) is 7.55. The molecule has 1 aromatic carbocycles. The topological polar surface area (TPSA) is 60.8 Å². The predicted molar refractivity (Wildman–Crippen MR) is 51.3 cm³/mol. The molecular formula is C10H11NO3. The van der Waals surface area contributed by atoms with Crippen LogP contribution in [0.4, 0.5) is 5.69 Å². The highest BCUT2D eigenvalue weighted by atomic mass is 16.4. The van der Waals surface area contributed by atoms with Crippen molar-refractivity contribution in [3.05, 3.63) is 29.8 Å². The molecule has 1 atom stereocenters. The molecule has 0 saturated carbocycles. The maximum Gasteiger partial charge on any atom is 0.312 e. The predicted octanol–water partition coefficient (Wildman–Crippen LogP) is 0.625. The van der Waals surface area contributed by atoms with E-state index in [9.17, 15) is 4.79 Å². The SMILES string of the molecule is O=C(O)C1CN(CO)c2ccccc21. The minimum atomic E-state index is -0.839. The van der Waals surface area contributed by atoms with Crippen molar-refractivity contribution in [2.75, 3.05) is 18.2 Å². The highest BCUT2D eigenvalue weighted by molar-refractivity contribution is 5.82. The van der Waals surface area contributed by atoms with Crippen LogP contribution in [0.1, 0.15) is 11.5 Å². The normalized spacial score (nSPS) is 19.5. The summed E-state index contributed by atoms with van der Waals surface area (Å²) in [7, 11) is 0. The van der Waals surface area contributed by atoms with E-state index in [-0.39, 0.29) is 6.73 Å². The van der Waals surface area contributed by atoms with Crippen molar-refractivity contribution >= 4 is 11.7 Å². The average molecular weight is 193 g/mol. The number of para-hydroxylation sites is 1. The second-order valence-electron chi connectivity index (χ2n) is 3.31. The van der Waals surface area contributed by atoms with Gasteiger partial charge in [0.1, 0.15) is 12.6 Å². The third kappa shape index (κ3) is 1.24. The molecule has 1 aliphatic heterocycles. The third-order valence-electron chi connectivity index (χ3n) is 2.52.